The minimum Gasteiger partial charge on any atom is -0.295 e. The van der Waals surface area contributed by atoms with Crippen LogP contribution in [0, 0.1) is 26.2 Å². The van der Waals surface area contributed by atoms with Gasteiger partial charge in [-0.3, -0.25) is 9.69 Å². The first-order valence-electron chi connectivity index (χ1n) is 7.62. The topological polar surface area (TPSA) is 20.3 Å². The molecule has 0 aromatic heterocycles. The zero-order valence-corrected chi connectivity index (χ0v) is 13.5. The second kappa shape index (κ2) is 5.69. The number of carbonyl (C=O) groups is 1. The summed E-state index contributed by atoms with van der Waals surface area (Å²) in [5.41, 5.74) is 4.82. The molecule has 0 unspecified atom stereocenters. The first kappa shape index (κ1) is 15.2. The molecule has 0 amide bonds. The van der Waals surface area contributed by atoms with Gasteiger partial charge in [0, 0.05) is 12.1 Å². The van der Waals surface area contributed by atoms with Crippen molar-refractivity contribution in [3.63, 3.8) is 0 Å². The van der Waals surface area contributed by atoms with Crippen LogP contribution in [0.4, 0.5) is 0 Å². The first-order chi connectivity index (χ1) is 9.28. The predicted molar refractivity (Wildman–Crippen MR) is 84.4 cm³/mol. The van der Waals surface area contributed by atoms with E-state index in [2.05, 4.69) is 44.7 Å². The van der Waals surface area contributed by atoms with Crippen LogP contribution in [-0.2, 0) is 0 Å². The zero-order valence-electron chi connectivity index (χ0n) is 13.5. The summed E-state index contributed by atoms with van der Waals surface area (Å²) >= 11 is 0. The number of benzene rings is 1. The monoisotopic (exact) mass is 273 g/mol. The number of Topliss-reactive ketones (excluding diaryl/α,β-unsaturated/α-hetero) is 1. The lowest BCUT2D eigenvalue weighted by Crippen LogP contribution is -2.42. The van der Waals surface area contributed by atoms with E-state index in [0.29, 0.717) is 12.0 Å². The average Bonchev–Trinajstić information content (AvgIpc) is 2.32. The number of ketones is 1. The van der Waals surface area contributed by atoms with Crippen LogP contribution < -0.4 is 0 Å². The Bertz CT molecular complexity index is 516. The van der Waals surface area contributed by atoms with Crippen molar-refractivity contribution in [3.05, 3.63) is 34.4 Å². The highest BCUT2D eigenvalue weighted by Crippen LogP contribution is 2.28. The van der Waals surface area contributed by atoms with E-state index in [9.17, 15) is 4.79 Å². The van der Waals surface area contributed by atoms with Gasteiger partial charge in [0.05, 0.1) is 6.54 Å². The highest BCUT2D eigenvalue weighted by atomic mass is 16.1. The Morgan fingerprint density at radius 2 is 1.80 bits per heavy atom. The molecule has 1 aliphatic heterocycles. The van der Waals surface area contributed by atoms with Crippen molar-refractivity contribution in [2.24, 2.45) is 5.41 Å². The van der Waals surface area contributed by atoms with Gasteiger partial charge < -0.3 is 0 Å². The van der Waals surface area contributed by atoms with Gasteiger partial charge in [-0.15, -0.1) is 0 Å². The molecule has 1 aliphatic rings. The summed E-state index contributed by atoms with van der Waals surface area (Å²) in [6, 6.07) is 4.19. The third-order valence-electron chi connectivity index (χ3n) is 4.49. The summed E-state index contributed by atoms with van der Waals surface area (Å²) in [6.45, 7) is 13.5. The molecule has 0 atom stereocenters. The van der Waals surface area contributed by atoms with Crippen LogP contribution in [0.5, 0.6) is 0 Å². The van der Waals surface area contributed by atoms with Crippen molar-refractivity contribution in [2.75, 3.05) is 19.6 Å². The summed E-state index contributed by atoms with van der Waals surface area (Å²) in [4.78, 5) is 14.9. The van der Waals surface area contributed by atoms with Crippen LogP contribution in [0.1, 0.15) is 53.7 Å². The van der Waals surface area contributed by atoms with Gasteiger partial charge in [0.25, 0.3) is 0 Å². The van der Waals surface area contributed by atoms with Crippen molar-refractivity contribution in [3.8, 4) is 0 Å². The van der Waals surface area contributed by atoms with Gasteiger partial charge >= 0.3 is 0 Å². The van der Waals surface area contributed by atoms with Gasteiger partial charge in [-0.2, -0.15) is 0 Å². The van der Waals surface area contributed by atoms with E-state index in [0.717, 1.165) is 24.2 Å². The smallest absolute Gasteiger partial charge is 0.177 e. The number of carbonyl (C=O) groups excluding carboxylic acids is 1. The molecule has 0 bridgehead atoms. The molecule has 110 valence electrons. The molecule has 2 nitrogen and oxygen atoms in total. The Kier molecular flexibility index (Phi) is 4.33. The molecule has 2 heteroatoms. The van der Waals surface area contributed by atoms with E-state index in [4.69, 9.17) is 0 Å². The highest BCUT2D eigenvalue weighted by Gasteiger charge is 2.27. The third kappa shape index (κ3) is 3.49. The van der Waals surface area contributed by atoms with Gasteiger partial charge in [-0.1, -0.05) is 19.9 Å². The average molecular weight is 273 g/mol. The van der Waals surface area contributed by atoms with E-state index >= 15 is 0 Å². The highest BCUT2D eigenvalue weighted by molar-refractivity contribution is 5.99. The Balaban J connectivity index is 2.11. The molecule has 0 aliphatic carbocycles. The van der Waals surface area contributed by atoms with E-state index in [1.54, 1.807) is 0 Å². The van der Waals surface area contributed by atoms with Crippen LogP contribution in [0.2, 0.25) is 0 Å². The summed E-state index contributed by atoms with van der Waals surface area (Å²) < 4.78 is 0. The summed E-state index contributed by atoms with van der Waals surface area (Å²) in [7, 11) is 0. The number of aryl methyl sites for hydroxylation is 3. The fourth-order valence-electron chi connectivity index (χ4n) is 3.23. The molecule has 0 N–H and O–H groups in total. The fraction of sp³-hybridized carbons (Fsp3) is 0.611. The quantitative estimate of drug-likeness (QED) is 0.778. The third-order valence-corrected chi connectivity index (χ3v) is 4.49. The van der Waals surface area contributed by atoms with Gasteiger partial charge in [0.1, 0.15) is 0 Å². The van der Waals surface area contributed by atoms with Crippen molar-refractivity contribution >= 4 is 5.78 Å². The molecule has 1 fully saturated rings. The van der Waals surface area contributed by atoms with Gasteiger partial charge in [0.15, 0.2) is 5.78 Å². The molecule has 2 rings (SSSR count). The zero-order chi connectivity index (χ0) is 14.9. The summed E-state index contributed by atoms with van der Waals surface area (Å²) in [5, 5.41) is 0. The largest absolute Gasteiger partial charge is 0.295 e. The SMILES string of the molecule is Cc1cc(C)c(C(=O)CN2CCCC(C)(C)C2)cc1C. The van der Waals surface area contributed by atoms with Crippen molar-refractivity contribution < 1.29 is 4.79 Å². The molecule has 0 saturated carbocycles. The van der Waals surface area contributed by atoms with Gasteiger partial charge in [0.2, 0.25) is 0 Å². The second-order valence-electron chi connectivity index (χ2n) is 7.15. The molecule has 0 spiro atoms. The number of piperidine rings is 1. The number of hydrogen-bond acceptors (Lipinski definition) is 2. The van der Waals surface area contributed by atoms with E-state index in [1.807, 2.05) is 6.92 Å². The second-order valence-corrected chi connectivity index (χ2v) is 7.15. The summed E-state index contributed by atoms with van der Waals surface area (Å²) in [5.74, 6) is 0.267. The maximum absolute atomic E-state index is 12.6. The standard InChI is InChI=1S/C18H27NO/c1-13-9-15(3)16(10-14(13)2)17(20)11-19-8-6-7-18(4,5)12-19/h9-10H,6-8,11-12H2,1-5H3. The lowest BCUT2D eigenvalue weighted by molar-refractivity contribution is 0.0809. The maximum atomic E-state index is 12.6. The molecule has 1 aromatic rings. The Labute approximate surface area is 123 Å². The minimum absolute atomic E-state index is 0.267. The normalized spacial score (nSPS) is 19.1. The van der Waals surface area contributed by atoms with Crippen LogP contribution in [0.3, 0.4) is 0 Å². The van der Waals surface area contributed by atoms with Crippen LogP contribution in [0.15, 0.2) is 12.1 Å². The van der Waals surface area contributed by atoms with Crippen LogP contribution >= 0.6 is 0 Å². The molecule has 0 radical (unpaired) electrons. The fourth-order valence-corrected chi connectivity index (χ4v) is 3.23. The number of rotatable bonds is 3. The lowest BCUT2D eigenvalue weighted by atomic mass is 9.84. The number of likely N-dealkylation sites (tertiary alicyclic amines) is 1. The molecule has 20 heavy (non-hydrogen) atoms. The lowest BCUT2D eigenvalue weighted by Gasteiger charge is -2.37. The van der Waals surface area contributed by atoms with Crippen molar-refractivity contribution in [1.82, 2.24) is 4.90 Å². The molecule has 1 aromatic carbocycles. The van der Waals surface area contributed by atoms with Crippen molar-refractivity contribution in [1.29, 1.82) is 0 Å². The molecule has 1 heterocycles. The van der Waals surface area contributed by atoms with Gasteiger partial charge in [-0.25, -0.2) is 0 Å². The predicted octanol–water partition coefficient (Wildman–Crippen LogP) is 3.92. The van der Waals surface area contributed by atoms with Gasteiger partial charge in [-0.05, 0) is 68.3 Å². The Morgan fingerprint density at radius 3 is 2.45 bits per heavy atom. The van der Waals surface area contributed by atoms with Crippen LogP contribution in [0.25, 0.3) is 0 Å². The van der Waals surface area contributed by atoms with Crippen molar-refractivity contribution in [2.45, 2.75) is 47.5 Å². The Hall–Kier alpha value is -1.15. The molecular formula is C18H27NO. The molecule has 1 saturated heterocycles. The number of nitrogens with zero attached hydrogens (tertiary/aromatic N) is 1. The summed E-state index contributed by atoms with van der Waals surface area (Å²) in [6.07, 6.45) is 2.46. The van der Waals surface area contributed by atoms with E-state index in [1.165, 1.54) is 24.0 Å². The molecular weight excluding hydrogens is 246 g/mol. The van der Waals surface area contributed by atoms with Crippen LogP contribution in [-0.4, -0.2) is 30.3 Å². The number of hydrogen-bond donors (Lipinski definition) is 0. The first-order valence-corrected chi connectivity index (χ1v) is 7.62. The van der Waals surface area contributed by atoms with E-state index < -0.39 is 0 Å². The Morgan fingerprint density at radius 1 is 1.15 bits per heavy atom. The van der Waals surface area contributed by atoms with E-state index in [-0.39, 0.29) is 5.78 Å². The minimum atomic E-state index is 0.267. The maximum Gasteiger partial charge on any atom is 0.177 e.